The van der Waals surface area contributed by atoms with Gasteiger partial charge in [0, 0.05) is 37.3 Å². The number of nitrogens with two attached hydrogens (primary N) is 1. The molecule has 5 aliphatic rings. The number of fused-ring (bicyclic) bond motifs is 7. The van der Waals surface area contributed by atoms with Gasteiger partial charge in [0.25, 0.3) is 0 Å². The van der Waals surface area contributed by atoms with E-state index in [-0.39, 0.29) is 10.8 Å². The number of carbonyl (C=O) groups is 1. The first-order chi connectivity index (χ1) is 16.8. The van der Waals surface area contributed by atoms with E-state index in [1.165, 1.54) is 29.8 Å². The predicted octanol–water partition coefficient (Wildman–Crippen LogP) is 3.92. The summed E-state index contributed by atoms with van der Waals surface area (Å²) in [4.78, 5) is 20.1. The van der Waals surface area contributed by atoms with Crippen molar-refractivity contribution in [1.82, 2.24) is 20.3 Å². The fraction of sp³-hybridized carbons (Fsp3) is 0.731. The minimum Gasteiger partial charge on any atom is -0.350 e. The third kappa shape index (κ3) is 3.81. The lowest BCUT2D eigenvalue weighted by atomic mass is 9.48. The normalized spacial score (nSPS) is 38.2. The van der Waals surface area contributed by atoms with E-state index in [0.717, 1.165) is 62.7 Å². The van der Waals surface area contributed by atoms with Crippen LogP contribution in [0.1, 0.15) is 62.9 Å². The van der Waals surface area contributed by atoms with Crippen LogP contribution in [0.3, 0.4) is 0 Å². The van der Waals surface area contributed by atoms with Crippen LogP contribution in [0.15, 0.2) is 11.2 Å². The number of amides is 2. The van der Waals surface area contributed by atoms with Crippen molar-refractivity contribution >= 4 is 33.8 Å². The SMILES string of the molecule is CN1CCN(Nc2nc3c(s2)C2=CC[C@@H]4[C@H](CC[C@]5(C)/C(=N/NC(N)=O)CC[C@@H]45)[C@@]2(C)CC3)CC1. The number of hydrazine groups is 1. The number of anilines is 1. The average molecular weight is 498 g/mol. The Morgan fingerprint density at radius 3 is 2.69 bits per heavy atom. The molecule has 4 N–H and O–H groups in total. The summed E-state index contributed by atoms with van der Waals surface area (Å²) in [6.07, 6.45) is 10.5. The maximum atomic E-state index is 11.3. The maximum Gasteiger partial charge on any atom is 0.332 e. The van der Waals surface area contributed by atoms with Gasteiger partial charge < -0.3 is 10.6 Å². The number of rotatable bonds is 3. The minimum absolute atomic E-state index is 0.0786. The number of urea groups is 1. The van der Waals surface area contributed by atoms with Crippen molar-refractivity contribution in [2.75, 3.05) is 38.7 Å². The lowest BCUT2D eigenvalue weighted by molar-refractivity contribution is 0.0116. The average Bonchev–Trinajstić information content (AvgIpc) is 3.39. The van der Waals surface area contributed by atoms with Gasteiger partial charge in [-0.25, -0.2) is 20.2 Å². The van der Waals surface area contributed by atoms with Crippen molar-refractivity contribution in [3.63, 3.8) is 0 Å². The number of hydrogen-bond acceptors (Lipinski definition) is 7. The summed E-state index contributed by atoms with van der Waals surface area (Å²) in [5.41, 5.74) is 15.7. The molecule has 0 spiro atoms. The topological polar surface area (TPSA) is 98.9 Å². The van der Waals surface area contributed by atoms with Gasteiger partial charge in [0.05, 0.1) is 10.6 Å². The third-order valence-corrected chi connectivity index (χ3v) is 11.1. The van der Waals surface area contributed by atoms with Crippen LogP contribution in [-0.2, 0) is 6.42 Å². The van der Waals surface area contributed by atoms with Crippen LogP contribution in [0.5, 0.6) is 0 Å². The van der Waals surface area contributed by atoms with E-state index in [1.807, 2.05) is 11.3 Å². The van der Waals surface area contributed by atoms with Gasteiger partial charge in [0.15, 0.2) is 5.13 Å². The first kappa shape index (κ1) is 23.4. The van der Waals surface area contributed by atoms with Gasteiger partial charge in [-0.2, -0.15) is 5.10 Å². The van der Waals surface area contributed by atoms with Crippen LogP contribution >= 0.6 is 11.3 Å². The first-order valence-electron chi connectivity index (χ1n) is 13.3. The van der Waals surface area contributed by atoms with Gasteiger partial charge in [-0.05, 0) is 80.7 Å². The molecule has 0 radical (unpaired) electrons. The maximum absolute atomic E-state index is 11.3. The van der Waals surface area contributed by atoms with Gasteiger partial charge in [0.1, 0.15) is 0 Å². The van der Waals surface area contributed by atoms with Gasteiger partial charge >= 0.3 is 6.03 Å². The Bertz CT molecular complexity index is 1070. The summed E-state index contributed by atoms with van der Waals surface area (Å²) in [6.45, 7) is 9.16. The molecule has 1 aromatic heterocycles. The van der Waals surface area contributed by atoms with Crippen LogP contribution < -0.4 is 16.6 Å². The molecule has 1 aromatic rings. The van der Waals surface area contributed by atoms with Crippen molar-refractivity contribution in [2.45, 2.75) is 58.8 Å². The van der Waals surface area contributed by atoms with Gasteiger partial charge in [-0.15, -0.1) is 0 Å². The lowest BCUT2D eigenvalue weighted by Crippen LogP contribution is -2.49. The van der Waals surface area contributed by atoms with E-state index < -0.39 is 6.03 Å². The molecule has 2 saturated carbocycles. The summed E-state index contributed by atoms with van der Waals surface area (Å²) >= 11 is 1.86. The molecule has 5 atom stereocenters. The Labute approximate surface area is 212 Å². The van der Waals surface area contributed by atoms with E-state index in [2.05, 4.69) is 52.8 Å². The number of carbonyl (C=O) groups excluding carboxylic acids is 1. The van der Waals surface area contributed by atoms with Crippen molar-refractivity contribution in [3.05, 3.63) is 16.6 Å². The number of piperazine rings is 1. The number of primary amides is 1. The van der Waals surface area contributed by atoms with Crippen molar-refractivity contribution in [2.24, 2.45) is 39.4 Å². The predicted molar refractivity (Wildman–Crippen MR) is 141 cm³/mol. The molecule has 3 fully saturated rings. The van der Waals surface area contributed by atoms with Gasteiger partial charge in [0.2, 0.25) is 0 Å². The molecule has 8 nitrogen and oxygen atoms in total. The van der Waals surface area contributed by atoms with Crippen molar-refractivity contribution in [1.29, 1.82) is 0 Å². The van der Waals surface area contributed by atoms with Crippen LogP contribution in [0.2, 0.25) is 0 Å². The van der Waals surface area contributed by atoms with Crippen LogP contribution in [0.4, 0.5) is 9.93 Å². The second-order valence-electron chi connectivity index (χ2n) is 11.9. The fourth-order valence-corrected chi connectivity index (χ4v) is 9.29. The molecule has 1 aliphatic heterocycles. The first-order valence-corrected chi connectivity index (χ1v) is 14.1. The highest BCUT2D eigenvalue weighted by atomic mass is 32.1. The summed E-state index contributed by atoms with van der Waals surface area (Å²) in [5, 5.41) is 7.84. The number of nitrogens with zero attached hydrogens (tertiary/aromatic N) is 4. The molecular weight excluding hydrogens is 458 g/mol. The molecule has 35 heavy (non-hydrogen) atoms. The summed E-state index contributed by atoms with van der Waals surface area (Å²) in [5.74, 6) is 2.01. The van der Waals surface area contributed by atoms with E-state index in [4.69, 9.17) is 10.7 Å². The number of hydrogen-bond donors (Lipinski definition) is 3. The molecule has 2 amide bonds. The monoisotopic (exact) mass is 497 g/mol. The number of hydrazone groups is 1. The third-order valence-electron chi connectivity index (χ3n) is 10.1. The Balaban J connectivity index is 1.24. The number of likely N-dealkylation sites (N-methyl/N-ethyl adjacent to an activating group) is 1. The van der Waals surface area contributed by atoms with Crippen LogP contribution in [0, 0.1) is 28.6 Å². The van der Waals surface area contributed by atoms with Crippen LogP contribution in [-0.4, -0.2) is 59.9 Å². The van der Waals surface area contributed by atoms with Crippen molar-refractivity contribution in [3.8, 4) is 0 Å². The Morgan fingerprint density at radius 1 is 1.14 bits per heavy atom. The zero-order chi connectivity index (χ0) is 24.4. The molecule has 9 heteroatoms. The molecule has 190 valence electrons. The second kappa shape index (κ2) is 8.56. The zero-order valence-electron chi connectivity index (χ0n) is 21.3. The lowest BCUT2D eigenvalue weighted by Gasteiger charge is -2.56. The quantitative estimate of drug-likeness (QED) is 0.550. The molecule has 2 heterocycles. The van der Waals surface area contributed by atoms with Gasteiger partial charge in [-0.1, -0.05) is 31.3 Å². The highest BCUT2D eigenvalue weighted by molar-refractivity contribution is 7.16. The number of nitrogens with one attached hydrogen (secondary N) is 2. The Morgan fingerprint density at radius 2 is 1.91 bits per heavy atom. The summed E-state index contributed by atoms with van der Waals surface area (Å²) in [7, 11) is 2.19. The number of allylic oxidation sites excluding steroid dienone is 2. The molecule has 6 rings (SSSR count). The number of aromatic nitrogens is 1. The zero-order valence-corrected chi connectivity index (χ0v) is 22.1. The number of thiazole rings is 1. The number of aryl methyl sites for hydroxylation is 1. The largest absolute Gasteiger partial charge is 0.350 e. The highest BCUT2D eigenvalue weighted by Gasteiger charge is 2.58. The van der Waals surface area contributed by atoms with E-state index in [9.17, 15) is 4.79 Å². The standard InChI is InChI=1S/C26H39N7OS/c1-25-11-9-20-22(35-24(28-20)31-33-14-12-32(3)13-15-33)19(25)5-4-16-17-6-7-21(29-30-23(27)34)26(17,2)10-8-18(16)25/h5,16-18H,4,6-15H2,1-3H3,(H,28,31)(H3,27,30,34)/b29-21+/t16-,17-,18-,25+,26-/m0/s1. The van der Waals surface area contributed by atoms with Gasteiger partial charge in [-0.3, -0.25) is 5.43 Å². The molecule has 4 aliphatic carbocycles. The van der Waals surface area contributed by atoms with Crippen LogP contribution in [0.25, 0.3) is 5.57 Å². The highest BCUT2D eigenvalue weighted by Crippen LogP contribution is 2.65. The minimum atomic E-state index is -0.569. The smallest absolute Gasteiger partial charge is 0.332 e. The molecule has 1 saturated heterocycles. The molecule has 0 unspecified atom stereocenters. The summed E-state index contributed by atoms with van der Waals surface area (Å²) < 4.78 is 0. The fourth-order valence-electron chi connectivity index (χ4n) is 8.07. The molecular formula is C26H39N7OS. The molecule has 0 bridgehead atoms. The van der Waals surface area contributed by atoms with E-state index in [0.29, 0.717) is 17.8 Å². The van der Waals surface area contributed by atoms with Crippen molar-refractivity contribution < 1.29 is 4.79 Å². The van der Waals surface area contributed by atoms with E-state index in [1.54, 1.807) is 5.57 Å². The van der Waals surface area contributed by atoms with E-state index >= 15 is 0 Å². The molecule has 0 aromatic carbocycles. The Hall–Kier alpha value is -1.97. The Kier molecular flexibility index (Phi) is 5.73. The second-order valence-corrected chi connectivity index (χ2v) is 12.9. The summed E-state index contributed by atoms with van der Waals surface area (Å²) in [6, 6.07) is -0.569.